The molecule has 3 fully saturated rings. The number of benzene rings is 1. The molecule has 2 amide bonds. The number of carbonyl (C=O) groups is 2. The van der Waals surface area contributed by atoms with Crippen LogP contribution in [-0.2, 0) is 20.7 Å². The molecular formula is C21H27FN2O3. The maximum Gasteiger partial charge on any atom is 0.228 e. The lowest BCUT2D eigenvalue weighted by molar-refractivity contribution is -0.139. The number of ether oxygens (including phenoxy) is 1. The van der Waals surface area contributed by atoms with Crippen molar-refractivity contribution in [2.45, 2.75) is 32.1 Å². The van der Waals surface area contributed by atoms with E-state index in [2.05, 4.69) is 0 Å². The number of rotatable bonds is 3. The van der Waals surface area contributed by atoms with E-state index in [-0.39, 0.29) is 35.4 Å². The Morgan fingerprint density at radius 3 is 2.59 bits per heavy atom. The summed E-state index contributed by atoms with van der Waals surface area (Å²) in [6.07, 6.45) is 3.95. The van der Waals surface area contributed by atoms with Crippen LogP contribution >= 0.6 is 0 Å². The molecule has 0 radical (unpaired) electrons. The van der Waals surface area contributed by atoms with Gasteiger partial charge in [0, 0.05) is 44.8 Å². The maximum absolute atomic E-state index is 13.4. The number of hydrogen-bond acceptors (Lipinski definition) is 3. The summed E-state index contributed by atoms with van der Waals surface area (Å²) in [4.78, 5) is 29.9. The zero-order chi connectivity index (χ0) is 18.9. The molecular weight excluding hydrogens is 347 g/mol. The highest BCUT2D eigenvalue weighted by molar-refractivity contribution is 5.84. The van der Waals surface area contributed by atoms with E-state index < -0.39 is 0 Å². The van der Waals surface area contributed by atoms with Crippen molar-refractivity contribution in [3.05, 3.63) is 35.6 Å². The van der Waals surface area contributed by atoms with Gasteiger partial charge in [0.15, 0.2) is 0 Å². The fourth-order valence-corrected chi connectivity index (χ4v) is 4.87. The summed E-state index contributed by atoms with van der Waals surface area (Å²) < 4.78 is 19.0. The van der Waals surface area contributed by atoms with Gasteiger partial charge in [0.05, 0.1) is 12.3 Å². The highest BCUT2D eigenvalue weighted by atomic mass is 19.1. The van der Waals surface area contributed by atoms with E-state index in [1.54, 1.807) is 12.1 Å². The molecule has 0 unspecified atom stereocenters. The monoisotopic (exact) mass is 374 g/mol. The normalized spacial score (nSPS) is 24.6. The first kappa shape index (κ1) is 18.4. The molecule has 0 aromatic heterocycles. The zero-order valence-corrected chi connectivity index (χ0v) is 15.7. The summed E-state index contributed by atoms with van der Waals surface area (Å²) in [7, 11) is 0. The van der Waals surface area contributed by atoms with Gasteiger partial charge in [-0.3, -0.25) is 9.59 Å². The van der Waals surface area contributed by atoms with Gasteiger partial charge in [0.1, 0.15) is 5.82 Å². The van der Waals surface area contributed by atoms with Gasteiger partial charge >= 0.3 is 0 Å². The molecule has 1 aromatic rings. The Kier molecular flexibility index (Phi) is 5.17. The molecule has 1 spiro atoms. The van der Waals surface area contributed by atoms with Crippen molar-refractivity contribution in [1.29, 1.82) is 0 Å². The molecule has 5 nitrogen and oxygen atoms in total. The fourth-order valence-electron chi connectivity index (χ4n) is 4.87. The number of halogens is 1. The summed E-state index contributed by atoms with van der Waals surface area (Å²) in [5.41, 5.74) is 0.505. The molecule has 0 N–H and O–H groups in total. The molecule has 1 atom stereocenters. The van der Waals surface area contributed by atoms with Crippen molar-refractivity contribution in [3.8, 4) is 0 Å². The largest absolute Gasteiger partial charge is 0.381 e. The first-order valence-corrected chi connectivity index (χ1v) is 9.96. The van der Waals surface area contributed by atoms with Crippen molar-refractivity contribution >= 4 is 11.8 Å². The van der Waals surface area contributed by atoms with Crippen LogP contribution in [0.5, 0.6) is 0 Å². The Labute approximate surface area is 159 Å². The molecule has 0 aliphatic carbocycles. The van der Waals surface area contributed by atoms with Gasteiger partial charge in [-0.05, 0) is 43.4 Å². The molecule has 0 bridgehead atoms. The van der Waals surface area contributed by atoms with Crippen LogP contribution in [0.25, 0.3) is 0 Å². The summed E-state index contributed by atoms with van der Waals surface area (Å²) >= 11 is 0. The van der Waals surface area contributed by atoms with Gasteiger partial charge in [0.2, 0.25) is 11.8 Å². The molecule has 3 aliphatic rings. The van der Waals surface area contributed by atoms with Crippen LogP contribution < -0.4 is 0 Å². The van der Waals surface area contributed by atoms with Crippen LogP contribution in [-0.4, -0.2) is 61.0 Å². The maximum atomic E-state index is 13.4. The Morgan fingerprint density at radius 2 is 1.89 bits per heavy atom. The van der Waals surface area contributed by atoms with E-state index in [0.717, 1.165) is 38.8 Å². The number of carbonyl (C=O) groups excluding carboxylic acids is 2. The Hall–Kier alpha value is -1.95. The van der Waals surface area contributed by atoms with E-state index in [4.69, 9.17) is 4.74 Å². The molecule has 6 heteroatoms. The van der Waals surface area contributed by atoms with Crippen LogP contribution in [0.1, 0.15) is 31.2 Å². The van der Waals surface area contributed by atoms with Crippen LogP contribution in [0, 0.1) is 17.2 Å². The van der Waals surface area contributed by atoms with Gasteiger partial charge in [-0.1, -0.05) is 12.1 Å². The second-order valence-electron chi connectivity index (χ2n) is 8.14. The average Bonchev–Trinajstić information content (AvgIpc) is 3.31. The molecule has 3 aliphatic heterocycles. The number of nitrogens with zero attached hydrogens (tertiary/aromatic N) is 2. The second kappa shape index (κ2) is 7.58. The SMILES string of the molecule is O=C(Cc1cccc(F)c1)N1C[C@H](C(=O)N2CCCC2)C2(CCOCC2)C1. The average molecular weight is 374 g/mol. The van der Waals surface area contributed by atoms with Gasteiger partial charge in [0.25, 0.3) is 0 Å². The predicted molar refractivity (Wildman–Crippen MR) is 98.5 cm³/mol. The van der Waals surface area contributed by atoms with Crippen molar-refractivity contribution in [3.63, 3.8) is 0 Å². The van der Waals surface area contributed by atoms with Crippen LogP contribution in [0.4, 0.5) is 4.39 Å². The van der Waals surface area contributed by atoms with Crippen molar-refractivity contribution in [1.82, 2.24) is 9.80 Å². The quantitative estimate of drug-likeness (QED) is 0.815. The smallest absolute Gasteiger partial charge is 0.228 e. The third kappa shape index (κ3) is 3.72. The lowest BCUT2D eigenvalue weighted by Crippen LogP contribution is -2.45. The second-order valence-corrected chi connectivity index (χ2v) is 8.14. The lowest BCUT2D eigenvalue weighted by atomic mass is 9.71. The van der Waals surface area contributed by atoms with Crippen LogP contribution in [0.15, 0.2) is 24.3 Å². The van der Waals surface area contributed by atoms with Gasteiger partial charge < -0.3 is 14.5 Å². The van der Waals surface area contributed by atoms with Gasteiger partial charge in [-0.15, -0.1) is 0 Å². The zero-order valence-electron chi connectivity index (χ0n) is 15.7. The molecule has 0 saturated carbocycles. The van der Waals surface area contributed by atoms with Crippen LogP contribution in [0.3, 0.4) is 0 Å². The minimum atomic E-state index is -0.329. The number of amides is 2. The number of hydrogen-bond donors (Lipinski definition) is 0. The lowest BCUT2D eigenvalue weighted by Gasteiger charge is -2.38. The Balaban J connectivity index is 1.51. The first-order chi connectivity index (χ1) is 13.1. The molecule has 27 heavy (non-hydrogen) atoms. The summed E-state index contributed by atoms with van der Waals surface area (Å²) in [5.74, 6) is -0.292. The predicted octanol–water partition coefficient (Wildman–Crippen LogP) is 2.25. The minimum absolute atomic E-state index is 0.0248. The molecule has 146 valence electrons. The van der Waals surface area contributed by atoms with Crippen molar-refractivity contribution in [2.75, 3.05) is 39.4 Å². The number of likely N-dealkylation sites (tertiary alicyclic amines) is 2. The summed E-state index contributed by atoms with van der Waals surface area (Å²) in [6.45, 7) is 4.04. The van der Waals surface area contributed by atoms with Crippen molar-refractivity contribution < 1.29 is 18.7 Å². The van der Waals surface area contributed by atoms with E-state index in [9.17, 15) is 14.0 Å². The fraction of sp³-hybridized carbons (Fsp3) is 0.619. The highest BCUT2D eigenvalue weighted by Gasteiger charge is 2.52. The Morgan fingerprint density at radius 1 is 1.15 bits per heavy atom. The van der Waals surface area contributed by atoms with E-state index in [0.29, 0.717) is 31.9 Å². The van der Waals surface area contributed by atoms with E-state index in [1.165, 1.54) is 12.1 Å². The Bertz CT molecular complexity index is 711. The molecule has 4 rings (SSSR count). The standard InChI is InChI=1S/C21H27FN2O3/c22-17-5-3-4-16(12-17)13-19(25)24-14-18(20(26)23-8-1-2-9-23)21(15-24)6-10-27-11-7-21/h3-5,12,18H,1-2,6-11,13-15H2/t18-/m1/s1. The molecule has 3 heterocycles. The highest BCUT2D eigenvalue weighted by Crippen LogP contribution is 2.45. The van der Waals surface area contributed by atoms with Gasteiger partial charge in [-0.25, -0.2) is 4.39 Å². The first-order valence-electron chi connectivity index (χ1n) is 9.96. The van der Waals surface area contributed by atoms with E-state index in [1.807, 2.05) is 9.80 Å². The summed E-state index contributed by atoms with van der Waals surface area (Å²) in [5, 5.41) is 0. The van der Waals surface area contributed by atoms with Crippen LogP contribution in [0.2, 0.25) is 0 Å². The van der Waals surface area contributed by atoms with E-state index >= 15 is 0 Å². The van der Waals surface area contributed by atoms with Crippen molar-refractivity contribution in [2.24, 2.45) is 11.3 Å². The minimum Gasteiger partial charge on any atom is -0.381 e. The van der Waals surface area contributed by atoms with Gasteiger partial charge in [-0.2, -0.15) is 0 Å². The third-order valence-electron chi connectivity index (χ3n) is 6.45. The third-order valence-corrected chi connectivity index (χ3v) is 6.45. The topological polar surface area (TPSA) is 49.9 Å². The summed E-state index contributed by atoms with van der Waals surface area (Å²) in [6, 6.07) is 6.19. The molecule has 3 saturated heterocycles. The molecule has 1 aromatic carbocycles.